The SMILES string of the molecule is C=C(C)[C@@H]1CC=C(OC(C)=O)C[C@H]1c1ccc(I)cc1. The normalized spacial score (nSPS) is 22.1. The van der Waals surface area contributed by atoms with Crippen LogP contribution < -0.4 is 0 Å². The molecule has 1 aromatic carbocycles. The number of hydrogen-bond acceptors (Lipinski definition) is 2. The topological polar surface area (TPSA) is 26.3 Å². The van der Waals surface area contributed by atoms with Crippen LogP contribution in [-0.2, 0) is 9.53 Å². The van der Waals surface area contributed by atoms with E-state index in [1.165, 1.54) is 21.6 Å². The number of carbonyl (C=O) groups excluding carboxylic acids is 1. The van der Waals surface area contributed by atoms with Gasteiger partial charge < -0.3 is 4.74 Å². The fourth-order valence-corrected chi connectivity index (χ4v) is 3.10. The Labute approximate surface area is 134 Å². The van der Waals surface area contributed by atoms with Crippen LogP contribution in [0.2, 0.25) is 0 Å². The van der Waals surface area contributed by atoms with Crippen molar-refractivity contribution in [1.82, 2.24) is 0 Å². The van der Waals surface area contributed by atoms with Crippen LogP contribution in [0.3, 0.4) is 0 Å². The number of allylic oxidation sites excluding steroid dienone is 3. The van der Waals surface area contributed by atoms with Crippen LogP contribution in [0, 0.1) is 9.49 Å². The largest absolute Gasteiger partial charge is 0.432 e. The van der Waals surface area contributed by atoms with Crippen molar-refractivity contribution in [2.75, 3.05) is 0 Å². The quantitative estimate of drug-likeness (QED) is 0.426. The fraction of sp³-hybridized carbons (Fsp3) is 0.353. The van der Waals surface area contributed by atoms with E-state index in [1.807, 2.05) is 6.08 Å². The highest BCUT2D eigenvalue weighted by Crippen LogP contribution is 2.41. The average molecular weight is 382 g/mol. The highest BCUT2D eigenvalue weighted by Gasteiger charge is 2.29. The molecule has 0 unspecified atom stereocenters. The van der Waals surface area contributed by atoms with Gasteiger partial charge in [0.2, 0.25) is 0 Å². The van der Waals surface area contributed by atoms with Crippen LogP contribution in [-0.4, -0.2) is 5.97 Å². The van der Waals surface area contributed by atoms with E-state index < -0.39 is 0 Å². The molecule has 2 nitrogen and oxygen atoms in total. The Kier molecular flexibility index (Phi) is 5.02. The van der Waals surface area contributed by atoms with E-state index in [0.717, 1.165) is 18.6 Å². The molecule has 1 aliphatic carbocycles. The lowest BCUT2D eigenvalue weighted by molar-refractivity contribution is -0.137. The van der Waals surface area contributed by atoms with Crippen molar-refractivity contribution >= 4 is 28.6 Å². The minimum Gasteiger partial charge on any atom is -0.432 e. The Bertz CT molecular complexity index is 543. The molecular formula is C17H19IO2. The first-order chi connectivity index (χ1) is 9.47. The molecule has 0 amide bonds. The Morgan fingerprint density at radius 3 is 2.50 bits per heavy atom. The fourth-order valence-electron chi connectivity index (χ4n) is 2.74. The summed E-state index contributed by atoms with van der Waals surface area (Å²) in [4.78, 5) is 11.1. The second kappa shape index (κ2) is 6.57. The number of ether oxygens (including phenoxy) is 1. The monoisotopic (exact) mass is 382 g/mol. The van der Waals surface area contributed by atoms with Gasteiger partial charge in [-0.2, -0.15) is 0 Å². The molecule has 1 aromatic rings. The van der Waals surface area contributed by atoms with Crippen LogP contribution in [0.1, 0.15) is 38.2 Å². The third-order valence-corrected chi connectivity index (χ3v) is 4.43. The molecule has 106 valence electrons. The lowest BCUT2D eigenvalue weighted by Gasteiger charge is -2.31. The third-order valence-electron chi connectivity index (χ3n) is 3.71. The Hall–Kier alpha value is -1.10. The molecular weight excluding hydrogens is 363 g/mol. The molecule has 2 atom stereocenters. The van der Waals surface area contributed by atoms with Crippen LogP contribution in [0.5, 0.6) is 0 Å². The van der Waals surface area contributed by atoms with Crippen LogP contribution in [0.25, 0.3) is 0 Å². The summed E-state index contributed by atoms with van der Waals surface area (Å²) in [6.07, 6.45) is 3.68. The molecule has 0 heterocycles. The first-order valence-corrected chi connectivity index (χ1v) is 7.83. The Morgan fingerprint density at radius 2 is 1.95 bits per heavy atom. The number of halogens is 1. The molecule has 0 spiro atoms. The van der Waals surface area contributed by atoms with Gasteiger partial charge in [-0.3, -0.25) is 4.79 Å². The highest BCUT2D eigenvalue weighted by atomic mass is 127. The summed E-state index contributed by atoms with van der Waals surface area (Å²) in [5.74, 6) is 1.29. The first kappa shape index (κ1) is 15.3. The molecule has 0 radical (unpaired) electrons. The maximum atomic E-state index is 11.1. The van der Waals surface area contributed by atoms with Gasteiger partial charge in [-0.05, 0) is 71.5 Å². The molecule has 1 aliphatic rings. The minimum absolute atomic E-state index is 0.244. The lowest BCUT2D eigenvalue weighted by Crippen LogP contribution is -2.20. The number of benzene rings is 1. The second-order valence-corrected chi connectivity index (χ2v) is 6.56. The van der Waals surface area contributed by atoms with E-state index in [2.05, 4.69) is 60.4 Å². The van der Waals surface area contributed by atoms with Crippen molar-refractivity contribution in [1.29, 1.82) is 0 Å². The van der Waals surface area contributed by atoms with Crippen LogP contribution >= 0.6 is 22.6 Å². The average Bonchev–Trinajstić information content (AvgIpc) is 2.38. The highest BCUT2D eigenvalue weighted by molar-refractivity contribution is 14.1. The van der Waals surface area contributed by atoms with Crippen molar-refractivity contribution in [2.45, 2.75) is 32.6 Å². The predicted molar refractivity (Wildman–Crippen MR) is 89.3 cm³/mol. The second-order valence-electron chi connectivity index (χ2n) is 5.31. The number of carbonyl (C=O) groups is 1. The van der Waals surface area contributed by atoms with E-state index >= 15 is 0 Å². The predicted octanol–water partition coefficient (Wildman–Crippen LogP) is 4.81. The van der Waals surface area contributed by atoms with Gasteiger partial charge in [0.15, 0.2) is 0 Å². The molecule has 0 fully saturated rings. The number of hydrogen-bond donors (Lipinski definition) is 0. The van der Waals surface area contributed by atoms with Gasteiger partial charge in [0.05, 0.1) is 0 Å². The standard InChI is InChI=1S/C17H19IO2/c1-11(2)16-9-8-15(20-12(3)19)10-17(16)13-4-6-14(18)7-5-13/h4-8,16-17H,1,9-10H2,2-3H3/t16-,17-/m0/s1. The van der Waals surface area contributed by atoms with Crippen molar-refractivity contribution in [3.63, 3.8) is 0 Å². The van der Waals surface area contributed by atoms with Gasteiger partial charge in [-0.1, -0.05) is 24.3 Å². The Morgan fingerprint density at radius 1 is 1.30 bits per heavy atom. The molecule has 0 aliphatic heterocycles. The molecule has 3 heteroatoms. The van der Waals surface area contributed by atoms with E-state index in [9.17, 15) is 4.79 Å². The van der Waals surface area contributed by atoms with Gasteiger partial charge in [0.25, 0.3) is 0 Å². The van der Waals surface area contributed by atoms with Crippen molar-refractivity contribution in [3.8, 4) is 0 Å². The zero-order valence-corrected chi connectivity index (χ0v) is 14.0. The van der Waals surface area contributed by atoms with Crippen molar-refractivity contribution in [2.24, 2.45) is 5.92 Å². The van der Waals surface area contributed by atoms with E-state index in [1.54, 1.807) is 0 Å². The zero-order valence-electron chi connectivity index (χ0n) is 11.9. The smallest absolute Gasteiger partial charge is 0.307 e. The molecule has 0 bridgehead atoms. The van der Waals surface area contributed by atoms with E-state index in [4.69, 9.17) is 4.74 Å². The van der Waals surface area contributed by atoms with E-state index in [0.29, 0.717) is 11.8 Å². The minimum atomic E-state index is -0.244. The van der Waals surface area contributed by atoms with Gasteiger partial charge in [-0.25, -0.2) is 0 Å². The summed E-state index contributed by atoms with van der Waals surface area (Å²) in [5, 5.41) is 0. The molecule has 0 aromatic heterocycles. The van der Waals surface area contributed by atoms with Crippen molar-refractivity contribution < 1.29 is 9.53 Å². The van der Waals surface area contributed by atoms with E-state index in [-0.39, 0.29) is 5.97 Å². The summed E-state index contributed by atoms with van der Waals surface area (Å²) in [5.41, 5.74) is 2.47. The number of rotatable bonds is 3. The molecule has 0 N–H and O–H groups in total. The maximum absolute atomic E-state index is 11.1. The zero-order chi connectivity index (χ0) is 14.7. The summed E-state index contributed by atoms with van der Waals surface area (Å²) in [7, 11) is 0. The molecule has 0 saturated heterocycles. The summed E-state index contributed by atoms with van der Waals surface area (Å²) in [6.45, 7) is 7.65. The molecule has 2 rings (SSSR count). The third kappa shape index (κ3) is 3.72. The lowest BCUT2D eigenvalue weighted by atomic mass is 9.75. The van der Waals surface area contributed by atoms with Crippen LogP contribution in [0.4, 0.5) is 0 Å². The van der Waals surface area contributed by atoms with Gasteiger partial charge >= 0.3 is 5.97 Å². The molecule has 20 heavy (non-hydrogen) atoms. The summed E-state index contributed by atoms with van der Waals surface area (Å²) in [6, 6.07) is 8.57. The van der Waals surface area contributed by atoms with Gasteiger partial charge in [0.1, 0.15) is 5.76 Å². The summed E-state index contributed by atoms with van der Waals surface area (Å²) >= 11 is 2.31. The maximum Gasteiger partial charge on any atom is 0.307 e. The Balaban J connectivity index is 2.27. The van der Waals surface area contributed by atoms with Gasteiger partial charge in [0, 0.05) is 16.9 Å². The van der Waals surface area contributed by atoms with Crippen molar-refractivity contribution in [3.05, 3.63) is 57.4 Å². The number of esters is 1. The molecule has 0 saturated carbocycles. The van der Waals surface area contributed by atoms with Crippen LogP contribution in [0.15, 0.2) is 48.3 Å². The summed E-state index contributed by atoms with van der Waals surface area (Å²) < 4.78 is 6.51. The van der Waals surface area contributed by atoms with Gasteiger partial charge in [-0.15, -0.1) is 0 Å². The first-order valence-electron chi connectivity index (χ1n) is 6.75.